The van der Waals surface area contributed by atoms with Gasteiger partial charge in [0.25, 0.3) is 0 Å². The van der Waals surface area contributed by atoms with E-state index in [-0.39, 0.29) is 101 Å². The molecule has 0 aliphatic heterocycles. The van der Waals surface area contributed by atoms with Crippen molar-refractivity contribution in [3.63, 3.8) is 0 Å². The summed E-state index contributed by atoms with van der Waals surface area (Å²) in [6, 6.07) is 55.1. The SMILES string of the molecule is CC(C)(C)c1ccc(N=Cc2cc3c(cc2O)C2CCC3C2)c(N=Cc2cc3c(cc2O)C2CCC3C2)c1.CC(C)c1ccc(N=Cc2cc3c(cc2O)C2CCC3C2)c(N=Cc2cc3c(cc2O)C2CCC3C2)c1.Cc1cccc(N=Cc2cc3c(cc2O)C2CCC3C2)c1N=Cc1cc2c(cc1O)C1CCC2C1.Oc1cc2c(cc1C=Nc1ccc(F)cc1N=Cc1cc3c(cc1O)C1CCC3C1)C1CCC2C1.[Pt].[Pt].[Pt].[Pt]. The number of nitrogens with zero attached hydrogens (tertiary/aromatic N) is 8. The minimum atomic E-state index is -0.400. The van der Waals surface area contributed by atoms with E-state index in [4.69, 9.17) is 30.0 Å². The molecule has 21 heteroatoms. The van der Waals surface area contributed by atoms with Crippen molar-refractivity contribution in [1.29, 1.82) is 0 Å². The third-order valence-electron chi connectivity index (χ3n) is 36.8. The van der Waals surface area contributed by atoms with Gasteiger partial charge in [0.1, 0.15) is 51.8 Å². The summed E-state index contributed by atoms with van der Waals surface area (Å²) in [4.78, 5) is 37.9. The normalized spacial score (nSPS) is 24.8. The first-order chi connectivity index (χ1) is 70.3. The van der Waals surface area contributed by atoms with E-state index in [9.17, 15) is 45.2 Å². The molecular weight excluding hydrogens is 2580 g/mol. The number of aliphatic imine (C=N–C) groups is 8. The number of halogens is 1. The quantitative estimate of drug-likeness (QED) is 0.0406. The van der Waals surface area contributed by atoms with Crippen LogP contribution in [0.5, 0.6) is 46.0 Å². The number of phenols is 8. The average Bonchev–Trinajstić information content (AvgIpc) is 1.67. The first-order valence-electron chi connectivity index (χ1n) is 53.7. The zero-order chi connectivity index (χ0) is 98.8. The van der Waals surface area contributed by atoms with Crippen LogP contribution >= 0.6 is 0 Å². The molecule has 12 aromatic rings. The Morgan fingerprint density at radius 3 is 0.698 bits per heavy atom. The van der Waals surface area contributed by atoms with Crippen molar-refractivity contribution in [1.82, 2.24) is 0 Å². The van der Waals surface area contributed by atoms with Crippen LogP contribution < -0.4 is 0 Å². The van der Waals surface area contributed by atoms with Crippen molar-refractivity contribution >= 4 is 95.2 Å². The topological polar surface area (TPSA) is 261 Å². The molecule has 28 rings (SSSR count). The van der Waals surface area contributed by atoms with Gasteiger partial charge in [-0.1, -0.05) is 58.9 Å². The van der Waals surface area contributed by atoms with Gasteiger partial charge < -0.3 is 40.9 Å². The summed E-state index contributed by atoms with van der Waals surface area (Å²) < 4.78 is 14.1. The van der Waals surface area contributed by atoms with Crippen LogP contribution in [0.4, 0.5) is 49.9 Å². The fourth-order valence-corrected chi connectivity index (χ4v) is 29.0. The van der Waals surface area contributed by atoms with Gasteiger partial charge in [-0.2, -0.15) is 0 Å². The summed E-state index contributed by atoms with van der Waals surface area (Å²) in [6.45, 7) is 12.9. The largest absolute Gasteiger partial charge is 0.507 e. The number of aromatic hydroxyl groups is 8. The van der Waals surface area contributed by atoms with E-state index in [1.807, 2.05) is 91.9 Å². The predicted molar refractivity (Wildman–Crippen MR) is 581 cm³/mol. The summed E-state index contributed by atoms with van der Waals surface area (Å²) in [5.74, 6) is 12.0. The molecule has 16 unspecified atom stereocenters. The minimum absolute atomic E-state index is 0. The number of hydrogen-bond donors (Lipinski definition) is 8. The molecule has 0 heterocycles. The molecule has 16 bridgehead atoms. The molecule has 0 radical (unpaired) electrons. The van der Waals surface area contributed by atoms with Crippen molar-refractivity contribution in [3.05, 3.63) is 326 Å². The van der Waals surface area contributed by atoms with Crippen LogP contribution in [0.15, 0.2) is 210 Å². The van der Waals surface area contributed by atoms with Crippen molar-refractivity contribution in [2.45, 2.75) is 302 Å². The maximum Gasteiger partial charge on any atom is 0.125 e. The molecule has 774 valence electrons. The van der Waals surface area contributed by atoms with Crippen molar-refractivity contribution in [2.24, 2.45) is 39.9 Å². The number of rotatable bonds is 17. The molecular formula is C128H127FN8O8Pt4. The van der Waals surface area contributed by atoms with Crippen LogP contribution in [-0.4, -0.2) is 90.6 Å². The van der Waals surface area contributed by atoms with E-state index in [0.717, 1.165) is 73.1 Å². The second-order valence-electron chi connectivity index (χ2n) is 46.5. The number of aryl methyl sites for hydroxylation is 1. The minimum Gasteiger partial charge on any atom is -0.507 e. The van der Waals surface area contributed by atoms with E-state index in [2.05, 4.69) is 111 Å². The number of phenolic OH excluding ortho intramolecular Hbond substituents is 8. The van der Waals surface area contributed by atoms with Crippen molar-refractivity contribution in [2.75, 3.05) is 0 Å². The molecule has 16 nitrogen and oxygen atoms in total. The smallest absolute Gasteiger partial charge is 0.125 e. The summed E-state index contributed by atoms with van der Waals surface area (Å²) in [5.41, 5.74) is 36.2. The van der Waals surface area contributed by atoms with Gasteiger partial charge in [0.05, 0.1) is 45.5 Å². The Hall–Kier alpha value is -10.9. The van der Waals surface area contributed by atoms with E-state index in [0.29, 0.717) is 158 Å². The Kier molecular flexibility index (Phi) is 29.2. The molecule has 0 aromatic heterocycles. The second-order valence-corrected chi connectivity index (χ2v) is 46.5. The molecule has 0 spiro atoms. The molecule has 8 N–H and O–H groups in total. The third-order valence-corrected chi connectivity index (χ3v) is 36.8. The summed E-state index contributed by atoms with van der Waals surface area (Å²) in [5, 5.41) is 85.5. The third kappa shape index (κ3) is 19.7. The van der Waals surface area contributed by atoms with Gasteiger partial charge in [-0.15, -0.1) is 0 Å². The number of benzene rings is 12. The van der Waals surface area contributed by atoms with Crippen LogP contribution in [0.3, 0.4) is 0 Å². The van der Waals surface area contributed by atoms with E-state index >= 15 is 0 Å². The summed E-state index contributed by atoms with van der Waals surface area (Å²) in [7, 11) is 0. The summed E-state index contributed by atoms with van der Waals surface area (Å²) in [6.07, 6.45) is 43.4. The Morgan fingerprint density at radius 1 is 0.242 bits per heavy atom. The Morgan fingerprint density at radius 2 is 0.450 bits per heavy atom. The van der Waals surface area contributed by atoms with Gasteiger partial charge in [0.15, 0.2) is 0 Å². The van der Waals surface area contributed by atoms with Crippen LogP contribution in [0.2, 0.25) is 0 Å². The molecule has 16 aliphatic carbocycles. The van der Waals surface area contributed by atoms with Gasteiger partial charge >= 0.3 is 0 Å². The van der Waals surface area contributed by atoms with Crippen molar-refractivity contribution in [3.8, 4) is 46.0 Å². The summed E-state index contributed by atoms with van der Waals surface area (Å²) >= 11 is 0. The van der Waals surface area contributed by atoms with E-state index < -0.39 is 5.82 Å². The number of hydrogen-bond acceptors (Lipinski definition) is 16. The Bertz CT molecular complexity index is 7540. The van der Waals surface area contributed by atoms with Crippen LogP contribution in [0.25, 0.3) is 0 Å². The van der Waals surface area contributed by atoms with E-state index in [1.165, 1.54) is 266 Å². The van der Waals surface area contributed by atoms with Gasteiger partial charge in [-0.3, -0.25) is 39.9 Å². The molecule has 16 atom stereocenters. The molecule has 16 aliphatic rings. The van der Waals surface area contributed by atoms with Crippen LogP contribution in [0, 0.1) is 12.7 Å². The van der Waals surface area contributed by atoms with Crippen LogP contribution in [-0.2, 0) is 89.7 Å². The molecule has 12 aromatic carbocycles. The fourth-order valence-electron chi connectivity index (χ4n) is 29.0. The molecule has 149 heavy (non-hydrogen) atoms. The molecule has 0 saturated heterocycles. The molecule has 8 saturated carbocycles. The number of para-hydroxylation sites is 1. The van der Waals surface area contributed by atoms with Gasteiger partial charge in [-0.05, 0) is 512 Å². The predicted octanol–water partition coefficient (Wildman–Crippen LogP) is 32.2. The number of fused-ring (bicyclic) bond motifs is 40. The zero-order valence-corrected chi connectivity index (χ0v) is 94.0. The molecule has 8 fully saturated rings. The monoisotopic (exact) mass is 2700 g/mol. The maximum atomic E-state index is 14.1. The zero-order valence-electron chi connectivity index (χ0n) is 84.9. The van der Waals surface area contributed by atoms with Gasteiger partial charge in [0.2, 0.25) is 0 Å². The standard InChI is InChI=1S/C34H36N2O2.C33H34N2O2.C31H30N2O2.C30H27FN2O2.4Pt/c1-34(2,3)25-8-9-30(35-17-23-12-26-19-4-6-21(10-19)28(26)15-32(23)37)31(14-25)36-18-24-13-27-20-5-7-22(11-20)29(27)16-33(24)38;1-18(2)19-7-8-30(34-16-24-11-26-20-3-5-22(9-20)28(26)14-32(24)36)31(13-19)35-17-25-12-27-21-4-6-23(10-21)29(27)15-33(25)37;1-17-3-2-4-28(32-15-22-11-24-18-5-7-20(9-18)26(24)13-29(22)34)31(17)33-16-23-12-25-19-6-8-21(10-19)27(25)14-30(23)35;31-22-5-6-27(32-14-20-9-23-16-1-3-18(7-16)25(23)12-29(20)34)28(11-22)33-15-21-10-24-17-2-4-19(8-17)26(24)13-30(21)35;;;;/h8-9,12-22,37-38H,4-7,10-11H2,1-3H3;7-8,11-18,20-23,36-37H,3-6,9-10H2,1-2H3;2-4,11-16,18-21,34-35H,5-10H2,1H3;5-6,9-19,34-35H,1-4,7-8H2;;;;. The van der Waals surface area contributed by atoms with Crippen LogP contribution in [0.1, 0.15) is 440 Å². The van der Waals surface area contributed by atoms with E-state index in [1.54, 1.807) is 55.8 Å². The fraction of sp³-hybridized carbons (Fsp3) is 0.375. The maximum absolute atomic E-state index is 14.1. The second kappa shape index (κ2) is 41.9. The first kappa shape index (κ1) is 104. The Balaban J connectivity index is 0.000000115. The first-order valence-corrected chi connectivity index (χ1v) is 53.7. The Labute approximate surface area is 930 Å². The van der Waals surface area contributed by atoms with Crippen molar-refractivity contribution < 1.29 is 130 Å². The van der Waals surface area contributed by atoms with Gasteiger partial charge in [0, 0.05) is 185 Å². The average molecular weight is 2700 g/mol. The molecule has 0 amide bonds. The van der Waals surface area contributed by atoms with Gasteiger partial charge in [-0.25, -0.2) is 4.39 Å².